The van der Waals surface area contributed by atoms with Crippen LogP contribution in [0.4, 0.5) is 0 Å². The maximum Gasteiger partial charge on any atom is 0.361 e. The summed E-state index contributed by atoms with van der Waals surface area (Å²) >= 11 is 0. The van der Waals surface area contributed by atoms with Gasteiger partial charge in [0.2, 0.25) is 5.89 Å². The van der Waals surface area contributed by atoms with E-state index in [-0.39, 0.29) is 18.3 Å². The number of ether oxygens (including phenoxy) is 1. The molecule has 0 aliphatic carbocycles. The fraction of sp³-hybridized carbons (Fsp3) is 0.333. The molecule has 4 aromatic rings. The second-order valence-corrected chi connectivity index (χ2v) is 8.77. The number of aromatic amines is 1. The summed E-state index contributed by atoms with van der Waals surface area (Å²) in [5, 5.41) is 0.973. The van der Waals surface area contributed by atoms with Gasteiger partial charge in [-0.25, -0.2) is 9.78 Å². The number of carbonyl (C=O) groups excluding carboxylic acids is 1. The highest BCUT2D eigenvalue weighted by Gasteiger charge is 2.29. The van der Waals surface area contributed by atoms with Gasteiger partial charge in [0.15, 0.2) is 11.5 Å². The molecule has 2 aromatic carbocycles. The number of esters is 1. The molecule has 0 amide bonds. The number of para-hydroxylation sites is 1. The van der Waals surface area contributed by atoms with Crippen molar-refractivity contribution in [3.63, 3.8) is 0 Å². The van der Waals surface area contributed by atoms with Gasteiger partial charge in [-0.05, 0) is 38.1 Å². The molecule has 0 unspecified atom stereocenters. The van der Waals surface area contributed by atoms with Crippen molar-refractivity contribution in [2.45, 2.75) is 39.3 Å². The lowest BCUT2D eigenvalue weighted by molar-refractivity contribution is 0.0466. The molecule has 2 atom stereocenters. The van der Waals surface area contributed by atoms with Gasteiger partial charge in [0.1, 0.15) is 6.61 Å². The fourth-order valence-corrected chi connectivity index (χ4v) is 3.93. The van der Waals surface area contributed by atoms with Crippen LogP contribution in [0.3, 0.4) is 0 Å². The molecule has 6 heteroatoms. The van der Waals surface area contributed by atoms with Crippen LogP contribution in [0, 0.1) is 5.92 Å². The van der Waals surface area contributed by atoms with Crippen LogP contribution >= 0.6 is 0 Å². The average molecular weight is 446 g/mol. The van der Waals surface area contributed by atoms with Crippen LogP contribution in [-0.2, 0) is 11.3 Å². The molecular formula is C27H31N3O3. The predicted octanol–water partition coefficient (Wildman–Crippen LogP) is 6.22. The minimum absolute atomic E-state index is 0.0421. The zero-order valence-corrected chi connectivity index (χ0v) is 19.7. The normalized spacial score (nSPS) is 13.4. The molecule has 0 saturated heterocycles. The van der Waals surface area contributed by atoms with E-state index in [9.17, 15) is 4.79 Å². The van der Waals surface area contributed by atoms with Crippen molar-refractivity contribution >= 4 is 16.9 Å². The Labute approximate surface area is 194 Å². The monoisotopic (exact) mass is 445 g/mol. The summed E-state index contributed by atoms with van der Waals surface area (Å²) in [7, 11) is 4.02. The highest BCUT2D eigenvalue weighted by Crippen LogP contribution is 2.36. The molecule has 0 aliphatic heterocycles. The van der Waals surface area contributed by atoms with Gasteiger partial charge in [0.25, 0.3) is 0 Å². The second-order valence-electron chi connectivity index (χ2n) is 8.77. The van der Waals surface area contributed by atoms with Crippen molar-refractivity contribution in [2.75, 3.05) is 14.1 Å². The van der Waals surface area contributed by atoms with E-state index >= 15 is 0 Å². The van der Waals surface area contributed by atoms with Gasteiger partial charge in [0, 0.05) is 22.7 Å². The molecule has 0 bridgehead atoms. The summed E-state index contributed by atoms with van der Waals surface area (Å²) in [5.74, 6) is 0.980. The van der Waals surface area contributed by atoms with Crippen molar-refractivity contribution in [1.82, 2.24) is 14.9 Å². The lowest BCUT2D eigenvalue weighted by Gasteiger charge is -2.23. The zero-order chi connectivity index (χ0) is 23.4. The third-order valence-electron chi connectivity index (χ3n) is 6.11. The van der Waals surface area contributed by atoms with Crippen molar-refractivity contribution in [2.24, 2.45) is 5.92 Å². The second kappa shape index (κ2) is 10.0. The van der Waals surface area contributed by atoms with Crippen molar-refractivity contribution in [3.8, 4) is 11.3 Å². The summed E-state index contributed by atoms with van der Waals surface area (Å²) in [5.41, 5.74) is 2.91. The standard InChI is InChI=1S/C27H31N3O3/c1-5-18(2)15-23(30(3)4)26-29-24(27(31)32-17-19-11-7-6-8-12-19)25(33-26)21-16-28-22-14-10-9-13-20(21)22/h6-14,16,18,23,28H,5,15,17H2,1-4H3/t18-,23+/m0/s1. The van der Waals surface area contributed by atoms with E-state index in [4.69, 9.17) is 14.1 Å². The minimum Gasteiger partial charge on any atom is -0.456 e. The van der Waals surface area contributed by atoms with E-state index in [1.807, 2.05) is 74.9 Å². The van der Waals surface area contributed by atoms with Crippen LogP contribution in [-0.4, -0.2) is 34.9 Å². The number of fused-ring (bicyclic) bond motifs is 1. The highest BCUT2D eigenvalue weighted by atomic mass is 16.5. The number of nitrogens with one attached hydrogen (secondary N) is 1. The van der Waals surface area contributed by atoms with Gasteiger partial charge in [-0.3, -0.25) is 4.90 Å². The first-order chi connectivity index (χ1) is 16.0. The highest BCUT2D eigenvalue weighted by molar-refractivity contribution is 6.01. The Balaban J connectivity index is 1.73. The SMILES string of the molecule is CC[C@H](C)C[C@H](c1nc(C(=O)OCc2ccccc2)c(-c2c[nH]c3ccccc23)o1)N(C)C. The van der Waals surface area contributed by atoms with Gasteiger partial charge in [0.05, 0.1) is 6.04 Å². The summed E-state index contributed by atoms with van der Waals surface area (Å²) in [6, 6.07) is 17.5. The maximum atomic E-state index is 13.2. The van der Waals surface area contributed by atoms with E-state index in [2.05, 4.69) is 23.7 Å². The predicted molar refractivity (Wildman–Crippen MR) is 130 cm³/mol. The van der Waals surface area contributed by atoms with Crippen LogP contribution in [0.5, 0.6) is 0 Å². The molecule has 0 fully saturated rings. The number of H-pyrrole nitrogens is 1. The lowest BCUT2D eigenvalue weighted by Crippen LogP contribution is -2.22. The van der Waals surface area contributed by atoms with Gasteiger partial charge in [-0.1, -0.05) is 68.8 Å². The third kappa shape index (κ3) is 5.01. The first-order valence-corrected chi connectivity index (χ1v) is 11.4. The molecule has 172 valence electrons. The Morgan fingerprint density at radius 3 is 2.58 bits per heavy atom. The quantitative estimate of drug-likeness (QED) is 0.310. The van der Waals surface area contributed by atoms with Crippen molar-refractivity contribution in [1.29, 1.82) is 0 Å². The Kier molecular flexibility index (Phi) is 6.94. The molecule has 2 aromatic heterocycles. The number of hydrogen-bond donors (Lipinski definition) is 1. The molecule has 0 aliphatic rings. The fourth-order valence-electron chi connectivity index (χ4n) is 3.93. The molecule has 33 heavy (non-hydrogen) atoms. The number of benzene rings is 2. The number of hydrogen-bond acceptors (Lipinski definition) is 5. The van der Waals surface area contributed by atoms with E-state index in [0.717, 1.165) is 34.9 Å². The maximum absolute atomic E-state index is 13.2. The zero-order valence-electron chi connectivity index (χ0n) is 19.7. The van der Waals surface area contributed by atoms with Crippen LogP contribution < -0.4 is 0 Å². The van der Waals surface area contributed by atoms with E-state index in [1.165, 1.54) is 0 Å². The van der Waals surface area contributed by atoms with Gasteiger partial charge < -0.3 is 14.1 Å². The Hall–Kier alpha value is -3.38. The van der Waals surface area contributed by atoms with E-state index in [0.29, 0.717) is 17.6 Å². The summed E-state index contributed by atoms with van der Waals surface area (Å²) in [4.78, 5) is 23.2. The minimum atomic E-state index is -0.491. The number of aromatic nitrogens is 2. The molecule has 1 N–H and O–H groups in total. The van der Waals surface area contributed by atoms with E-state index < -0.39 is 5.97 Å². The molecule has 2 heterocycles. The Morgan fingerprint density at radius 1 is 1.12 bits per heavy atom. The number of oxazole rings is 1. The van der Waals surface area contributed by atoms with Crippen LogP contribution in [0.2, 0.25) is 0 Å². The smallest absolute Gasteiger partial charge is 0.361 e. The van der Waals surface area contributed by atoms with Gasteiger partial charge in [-0.2, -0.15) is 0 Å². The molecule has 0 radical (unpaired) electrons. The lowest BCUT2D eigenvalue weighted by atomic mass is 9.98. The average Bonchev–Trinajstić information content (AvgIpc) is 3.45. The first-order valence-electron chi connectivity index (χ1n) is 11.4. The topological polar surface area (TPSA) is 71.4 Å². The third-order valence-corrected chi connectivity index (χ3v) is 6.11. The van der Waals surface area contributed by atoms with Gasteiger partial charge >= 0.3 is 5.97 Å². The summed E-state index contributed by atoms with van der Waals surface area (Å²) < 4.78 is 12.0. The summed E-state index contributed by atoms with van der Waals surface area (Å²) in [6.07, 6.45) is 3.81. The molecule has 4 rings (SSSR count). The number of nitrogens with zero attached hydrogens (tertiary/aromatic N) is 2. The molecule has 0 saturated carbocycles. The summed E-state index contributed by atoms with van der Waals surface area (Å²) in [6.45, 7) is 4.57. The van der Waals surface area contributed by atoms with Crippen molar-refractivity contribution < 1.29 is 13.9 Å². The Bertz CT molecular complexity index is 1210. The first kappa shape index (κ1) is 22.8. The van der Waals surface area contributed by atoms with Gasteiger partial charge in [-0.15, -0.1) is 0 Å². The number of carbonyl (C=O) groups is 1. The Morgan fingerprint density at radius 2 is 1.85 bits per heavy atom. The molecule has 0 spiro atoms. The largest absolute Gasteiger partial charge is 0.456 e. The van der Waals surface area contributed by atoms with E-state index in [1.54, 1.807) is 0 Å². The van der Waals surface area contributed by atoms with Crippen LogP contribution in [0.1, 0.15) is 54.7 Å². The molecular weight excluding hydrogens is 414 g/mol. The molecule has 6 nitrogen and oxygen atoms in total. The van der Waals surface area contributed by atoms with Crippen molar-refractivity contribution in [3.05, 3.63) is 77.9 Å². The van der Waals surface area contributed by atoms with Crippen LogP contribution in [0.15, 0.2) is 65.2 Å². The number of rotatable bonds is 9. The van der Waals surface area contributed by atoms with Crippen LogP contribution in [0.25, 0.3) is 22.2 Å².